The Kier molecular flexibility index (Phi) is 6.58. The number of hydrogen-bond acceptors (Lipinski definition) is 5. The van der Waals surface area contributed by atoms with E-state index in [0.717, 1.165) is 59.9 Å². The number of thiophene rings is 1. The minimum absolute atomic E-state index is 0.0363. The van der Waals surface area contributed by atoms with Gasteiger partial charge < -0.3 is 15.3 Å². The van der Waals surface area contributed by atoms with E-state index in [-0.39, 0.29) is 11.7 Å². The van der Waals surface area contributed by atoms with Crippen LogP contribution in [0.2, 0.25) is 5.02 Å². The fraction of sp³-hybridized carbons (Fsp3) is 0.478. The number of anilines is 1. The third kappa shape index (κ3) is 4.94. The summed E-state index contributed by atoms with van der Waals surface area (Å²) >= 11 is 7.48. The maximum Gasteiger partial charge on any atom is 0.224 e. The summed E-state index contributed by atoms with van der Waals surface area (Å²) in [4.78, 5) is 28.5. The van der Waals surface area contributed by atoms with E-state index in [4.69, 9.17) is 11.6 Å². The summed E-state index contributed by atoms with van der Waals surface area (Å²) in [7, 11) is 0. The highest BCUT2D eigenvalue weighted by molar-refractivity contribution is 7.14. The van der Waals surface area contributed by atoms with Crippen molar-refractivity contribution in [2.75, 3.05) is 25.0 Å². The Morgan fingerprint density at radius 2 is 1.93 bits per heavy atom. The van der Waals surface area contributed by atoms with E-state index in [1.165, 1.54) is 11.3 Å². The van der Waals surface area contributed by atoms with Crippen LogP contribution in [0, 0.1) is 0 Å². The van der Waals surface area contributed by atoms with E-state index < -0.39 is 5.60 Å². The van der Waals surface area contributed by atoms with Gasteiger partial charge >= 0.3 is 0 Å². The third-order valence-electron chi connectivity index (χ3n) is 6.11. The van der Waals surface area contributed by atoms with Crippen LogP contribution in [0.1, 0.15) is 58.6 Å². The second-order valence-electron chi connectivity index (χ2n) is 8.26. The first-order valence-corrected chi connectivity index (χ1v) is 11.8. The molecule has 1 fully saturated rings. The second kappa shape index (κ2) is 9.18. The topological polar surface area (TPSA) is 69.6 Å². The van der Waals surface area contributed by atoms with E-state index in [1.54, 1.807) is 0 Å². The molecule has 5 nitrogen and oxygen atoms in total. The van der Waals surface area contributed by atoms with E-state index in [2.05, 4.69) is 10.2 Å². The van der Waals surface area contributed by atoms with Gasteiger partial charge in [-0.05, 0) is 62.4 Å². The van der Waals surface area contributed by atoms with Crippen molar-refractivity contribution in [2.45, 2.75) is 50.5 Å². The predicted molar refractivity (Wildman–Crippen MR) is 120 cm³/mol. The van der Waals surface area contributed by atoms with Crippen molar-refractivity contribution in [1.82, 2.24) is 4.90 Å². The molecule has 0 saturated carbocycles. The summed E-state index contributed by atoms with van der Waals surface area (Å²) in [5, 5.41) is 14.6. The van der Waals surface area contributed by atoms with Crippen LogP contribution in [0.25, 0.3) is 0 Å². The number of benzene rings is 1. The number of nitrogens with one attached hydrogen (secondary N) is 1. The zero-order valence-electron chi connectivity index (χ0n) is 17.0. The molecule has 1 aromatic carbocycles. The summed E-state index contributed by atoms with van der Waals surface area (Å²) in [6, 6.07) is 9.30. The quantitative estimate of drug-likeness (QED) is 0.635. The fourth-order valence-electron chi connectivity index (χ4n) is 4.26. The molecule has 2 aliphatic heterocycles. The highest BCUT2D eigenvalue weighted by Gasteiger charge is 2.33. The number of aliphatic hydroxyl groups is 1. The van der Waals surface area contributed by atoms with Crippen LogP contribution in [-0.4, -0.2) is 41.3 Å². The van der Waals surface area contributed by atoms with Gasteiger partial charge in [-0.1, -0.05) is 23.7 Å². The molecule has 1 saturated heterocycles. The molecule has 4 rings (SSSR count). The van der Waals surface area contributed by atoms with Crippen molar-refractivity contribution in [3.63, 3.8) is 0 Å². The molecule has 30 heavy (non-hydrogen) atoms. The summed E-state index contributed by atoms with van der Waals surface area (Å²) in [6.07, 6.45) is 4.91. The van der Waals surface area contributed by atoms with Gasteiger partial charge in [-0.3, -0.25) is 9.59 Å². The van der Waals surface area contributed by atoms with Crippen molar-refractivity contribution in [2.24, 2.45) is 0 Å². The first-order chi connectivity index (χ1) is 14.4. The van der Waals surface area contributed by atoms with Gasteiger partial charge in [-0.15, -0.1) is 11.3 Å². The minimum atomic E-state index is -0.796. The number of fused-ring (bicyclic) bond motifs is 1. The first-order valence-electron chi connectivity index (χ1n) is 10.6. The molecule has 2 aliphatic rings. The van der Waals surface area contributed by atoms with Gasteiger partial charge in [0.05, 0.1) is 16.2 Å². The number of Topliss-reactive ketones (excluding diaryl/α,β-unsaturated/α-hetero) is 1. The normalized spacial score (nSPS) is 19.1. The molecule has 7 heteroatoms. The van der Waals surface area contributed by atoms with Gasteiger partial charge in [0.2, 0.25) is 5.91 Å². The Morgan fingerprint density at radius 1 is 1.20 bits per heavy atom. The van der Waals surface area contributed by atoms with Crippen LogP contribution in [0.5, 0.6) is 0 Å². The standard InChI is InChI=1S/C23H27ClN2O3S/c24-17-8-6-16(7-9-17)23(29)10-13-26(14-11-23)12-2-3-19(27)21-15-18-20(30-21)4-1-5-22(28)25-18/h6-9,15,29H,1-5,10-14H2,(H,25,28). The average Bonchev–Trinajstić information content (AvgIpc) is 3.04. The Labute approximate surface area is 186 Å². The number of carbonyl (C=O) groups is 2. The number of aryl methyl sites for hydroxylation is 1. The van der Waals surface area contributed by atoms with Gasteiger partial charge in [0, 0.05) is 35.8 Å². The van der Waals surface area contributed by atoms with Gasteiger partial charge in [0.1, 0.15) is 0 Å². The number of nitrogens with zero attached hydrogens (tertiary/aromatic N) is 1. The molecule has 2 N–H and O–H groups in total. The number of amides is 1. The molecule has 3 heterocycles. The van der Waals surface area contributed by atoms with Crippen LogP contribution >= 0.6 is 22.9 Å². The van der Waals surface area contributed by atoms with Crippen molar-refractivity contribution < 1.29 is 14.7 Å². The van der Waals surface area contributed by atoms with E-state index in [9.17, 15) is 14.7 Å². The van der Waals surface area contributed by atoms with Crippen molar-refractivity contribution in [1.29, 1.82) is 0 Å². The molecular formula is C23H27ClN2O3S. The fourth-order valence-corrected chi connectivity index (χ4v) is 5.51. The lowest BCUT2D eigenvalue weighted by molar-refractivity contribution is -0.116. The monoisotopic (exact) mass is 446 g/mol. The van der Waals surface area contributed by atoms with Crippen molar-refractivity contribution in [3.8, 4) is 0 Å². The highest BCUT2D eigenvalue weighted by Crippen LogP contribution is 2.34. The Bertz CT molecular complexity index is 917. The second-order valence-corrected chi connectivity index (χ2v) is 9.83. The highest BCUT2D eigenvalue weighted by atomic mass is 35.5. The van der Waals surface area contributed by atoms with Gasteiger partial charge in [0.25, 0.3) is 0 Å². The summed E-state index contributed by atoms with van der Waals surface area (Å²) in [6.45, 7) is 2.48. The van der Waals surface area contributed by atoms with E-state index >= 15 is 0 Å². The first kappa shape index (κ1) is 21.5. The predicted octanol–water partition coefficient (Wildman–Crippen LogP) is 4.62. The smallest absolute Gasteiger partial charge is 0.224 e. The Hall–Kier alpha value is -1.73. The lowest BCUT2D eigenvalue weighted by Gasteiger charge is -2.38. The molecule has 160 valence electrons. The van der Waals surface area contributed by atoms with E-state index in [0.29, 0.717) is 30.7 Å². The van der Waals surface area contributed by atoms with Crippen molar-refractivity contribution >= 4 is 40.3 Å². The molecule has 1 amide bonds. The van der Waals surface area contributed by atoms with Crippen LogP contribution in [-0.2, 0) is 16.8 Å². The number of likely N-dealkylation sites (tertiary alicyclic amines) is 1. The number of halogens is 1. The number of ketones is 1. The maximum atomic E-state index is 12.6. The third-order valence-corrected chi connectivity index (χ3v) is 7.60. The van der Waals surface area contributed by atoms with Crippen LogP contribution in [0.3, 0.4) is 0 Å². The zero-order chi connectivity index (χ0) is 21.1. The maximum absolute atomic E-state index is 12.6. The lowest BCUT2D eigenvalue weighted by Crippen LogP contribution is -2.42. The largest absolute Gasteiger partial charge is 0.385 e. The van der Waals surface area contributed by atoms with Gasteiger partial charge in [-0.2, -0.15) is 0 Å². The van der Waals surface area contributed by atoms with Crippen LogP contribution in [0.4, 0.5) is 5.69 Å². The molecule has 1 aromatic heterocycles. The number of piperidine rings is 1. The van der Waals surface area contributed by atoms with Crippen LogP contribution in [0.15, 0.2) is 30.3 Å². The van der Waals surface area contributed by atoms with Crippen molar-refractivity contribution in [3.05, 3.63) is 50.7 Å². The summed E-state index contributed by atoms with van der Waals surface area (Å²) in [5.74, 6) is 0.186. The summed E-state index contributed by atoms with van der Waals surface area (Å²) in [5.41, 5.74) is 0.950. The van der Waals surface area contributed by atoms with E-state index in [1.807, 2.05) is 30.3 Å². The number of rotatable bonds is 6. The molecule has 0 unspecified atom stereocenters. The lowest BCUT2D eigenvalue weighted by atomic mass is 9.84. The Morgan fingerprint density at radius 3 is 2.67 bits per heavy atom. The molecule has 0 radical (unpaired) electrons. The zero-order valence-corrected chi connectivity index (χ0v) is 18.5. The molecule has 0 spiro atoms. The molecule has 0 atom stereocenters. The SMILES string of the molecule is O=C1CCCc2sc(C(=O)CCCN3CCC(O)(c4ccc(Cl)cc4)CC3)cc2N1. The molecule has 0 bridgehead atoms. The number of carbonyl (C=O) groups excluding carboxylic acids is 2. The van der Waals surface area contributed by atoms with Crippen LogP contribution < -0.4 is 5.32 Å². The minimum Gasteiger partial charge on any atom is -0.385 e. The van der Waals surface area contributed by atoms with Gasteiger partial charge in [0.15, 0.2) is 5.78 Å². The molecule has 0 aliphatic carbocycles. The molecular weight excluding hydrogens is 420 g/mol. The average molecular weight is 447 g/mol. The Balaban J connectivity index is 1.24. The molecule has 2 aromatic rings. The number of hydrogen-bond donors (Lipinski definition) is 2. The van der Waals surface area contributed by atoms with Gasteiger partial charge in [-0.25, -0.2) is 0 Å². The summed E-state index contributed by atoms with van der Waals surface area (Å²) < 4.78 is 0.